The quantitative estimate of drug-likeness (QED) is 0.754. The van der Waals surface area contributed by atoms with Gasteiger partial charge in [0.15, 0.2) is 6.73 Å². The maximum atomic E-state index is 13.5. The molecule has 0 aromatic heterocycles. The maximum Gasteiger partial charge on any atom is 0.322 e. The molecule has 0 amide bonds. The van der Waals surface area contributed by atoms with E-state index in [2.05, 4.69) is 9.89 Å². The van der Waals surface area contributed by atoms with Gasteiger partial charge in [-0.15, -0.1) is 0 Å². The second-order valence-electron chi connectivity index (χ2n) is 3.95. The number of carbonyl (C=O) groups is 1. The Morgan fingerprint density at radius 3 is 2.80 bits per heavy atom. The largest absolute Gasteiger partial charge is 0.468 e. The van der Waals surface area contributed by atoms with Crippen molar-refractivity contribution < 1.29 is 18.8 Å². The van der Waals surface area contributed by atoms with Gasteiger partial charge in [0.2, 0.25) is 0 Å². The molecule has 1 heterocycles. The summed E-state index contributed by atoms with van der Waals surface area (Å²) < 4.78 is 18.0. The zero-order valence-electron chi connectivity index (χ0n) is 12.6. The first-order valence-electron chi connectivity index (χ1n) is 6.64. The van der Waals surface area contributed by atoms with E-state index in [1.807, 2.05) is 13.8 Å². The summed E-state index contributed by atoms with van der Waals surface area (Å²) in [6.07, 6.45) is 2.14. The summed E-state index contributed by atoms with van der Waals surface area (Å²) in [6.45, 7) is 6.12. The summed E-state index contributed by atoms with van der Waals surface area (Å²) in [7, 11) is 1.27. The molecule has 0 aromatic rings. The van der Waals surface area contributed by atoms with Crippen LogP contribution in [0.25, 0.3) is 0 Å². The van der Waals surface area contributed by atoms with Crippen molar-refractivity contribution in [1.82, 2.24) is 4.90 Å². The van der Waals surface area contributed by atoms with Crippen molar-refractivity contribution in [3.63, 3.8) is 0 Å². The van der Waals surface area contributed by atoms with Gasteiger partial charge in [0.1, 0.15) is 17.7 Å². The van der Waals surface area contributed by atoms with Gasteiger partial charge in [-0.1, -0.05) is 25.1 Å². The van der Waals surface area contributed by atoms with Crippen molar-refractivity contribution >= 4 is 11.8 Å². The summed E-state index contributed by atoms with van der Waals surface area (Å²) in [5.41, 5.74) is 5.52. The molecular weight excluding hydrogens is 265 g/mol. The van der Waals surface area contributed by atoms with Crippen LogP contribution in [-0.2, 0) is 14.4 Å². The minimum atomic E-state index is -0.711. The molecule has 116 valence electrons. The van der Waals surface area contributed by atoms with E-state index < -0.39 is 12.0 Å². The number of hydrogen-bond donors (Lipinski definition) is 1. The Balaban J connectivity index is 0.00000172. The number of allylic oxidation sites excluding steroid dienone is 1. The number of hydrogen-bond acceptors (Lipinski definition) is 6. The highest BCUT2D eigenvalue weighted by Crippen LogP contribution is 2.09. The zero-order valence-corrected chi connectivity index (χ0v) is 12.6. The number of oxime groups is 1. The summed E-state index contributed by atoms with van der Waals surface area (Å²) in [5.74, 6) is -0.142. The van der Waals surface area contributed by atoms with Crippen LogP contribution in [0.3, 0.4) is 0 Å². The molecule has 6 nitrogen and oxygen atoms in total. The molecule has 20 heavy (non-hydrogen) atoms. The average Bonchev–Trinajstić information content (AvgIpc) is 2.85. The maximum absolute atomic E-state index is 13.5. The third-order valence-corrected chi connectivity index (χ3v) is 2.56. The monoisotopic (exact) mass is 289 g/mol. The van der Waals surface area contributed by atoms with Crippen molar-refractivity contribution in [3.8, 4) is 0 Å². The molecule has 2 N–H and O–H groups in total. The van der Waals surface area contributed by atoms with Gasteiger partial charge >= 0.3 is 5.97 Å². The smallest absolute Gasteiger partial charge is 0.322 e. The van der Waals surface area contributed by atoms with Crippen LogP contribution in [0.1, 0.15) is 33.6 Å². The molecule has 1 rings (SSSR count). The number of amidine groups is 1. The van der Waals surface area contributed by atoms with Gasteiger partial charge in [-0.05, 0) is 19.8 Å². The van der Waals surface area contributed by atoms with Crippen molar-refractivity contribution in [2.24, 2.45) is 10.9 Å². The fraction of sp³-hybridized carbons (Fsp3) is 0.692. The highest BCUT2D eigenvalue weighted by atomic mass is 19.1. The van der Waals surface area contributed by atoms with E-state index in [9.17, 15) is 9.18 Å². The summed E-state index contributed by atoms with van der Waals surface area (Å²) >= 11 is 0. The molecule has 0 radical (unpaired) electrons. The molecule has 1 unspecified atom stereocenters. The van der Waals surface area contributed by atoms with E-state index in [4.69, 9.17) is 10.6 Å². The van der Waals surface area contributed by atoms with Crippen LogP contribution in [0.5, 0.6) is 0 Å². The van der Waals surface area contributed by atoms with Crippen LogP contribution in [0.15, 0.2) is 17.1 Å². The normalized spacial score (nSPS) is 15.8. The van der Waals surface area contributed by atoms with E-state index in [0.717, 1.165) is 0 Å². The number of rotatable bonds is 6. The third kappa shape index (κ3) is 6.51. The first-order chi connectivity index (χ1) is 9.54. The predicted octanol–water partition coefficient (Wildman–Crippen LogP) is 1.77. The van der Waals surface area contributed by atoms with Gasteiger partial charge < -0.3 is 20.2 Å². The molecular formula is C13H24FN3O3. The Hall–Kier alpha value is -1.63. The number of esters is 1. The predicted molar refractivity (Wildman–Crippen MR) is 75.5 cm³/mol. The Morgan fingerprint density at radius 1 is 1.65 bits per heavy atom. The minimum absolute atomic E-state index is 0.114. The molecule has 0 aliphatic carbocycles. The first-order valence-corrected chi connectivity index (χ1v) is 6.64. The van der Waals surface area contributed by atoms with Crippen LogP contribution in [0.2, 0.25) is 0 Å². The van der Waals surface area contributed by atoms with Gasteiger partial charge in [0, 0.05) is 0 Å². The number of carbonyl (C=O) groups excluding carboxylic acids is 1. The second-order valence-corrected chi connectivity index (χ2v) is 3.95. The fourth-order valence-corrected chi connectivity index (χ4v) is 1.44. The van der Waals surface area contributed by atoms with Crippen LogP contribution in [0, 0.1) is 0 Å². The highest BCUT2D eigenvalue weighted by molar-refractivity contribution is 5.80. The van der Waals surface area contributed by atoms with Crippen LogP contribution >= 0.6 is 0 Å². The van der Waals surface area contributed by atoms with Crippen LogP contribution in [0.4, 0.5) is 4.39 Å². The van der Waals surface area contributed by atoms with Gasteiger partial charge in [0.05, 0.1) is 13.7 Å². The molecule has 7 heteroatoms. The summed E-state index contributed by atoms with van der Waals surface area (Å²) in [6, 6.07) is -0.711. The van der Waals surface area contributed by atoms with E-state index in [1.165, 1.54) is 13.2 Å². The molecule has 1 atom stereocenters. The lowest BCUT2D eigenvalue weighted by Gasteiger charge is -2.13. The first kappa shape index (κ1) is 18.4. The molecule has 1 aliphatic heterocycles. The Morgan fingerprint density at radius 2 is 2.30 bits per heavy atom. The van der Waals surface area contributed by atoms with Gasteiger partial charge in [-0.25, -0.2) is 4.39 Å². The summed E-state index contributed by atoms with van der Waals surface area (Å²) in [5, 5.41) is 3.68. The van der Waals surface area contributed by atoms with Gasteiger partial charge in [0.25, 0.3) is 0 Å². The molecule has 0 saturated carbocycles. The average molecular weight is 289 g/mol. The third-order valence-electron chi connectivity index (χ3n) is 2.56. The minimum Gasteiger partial charge on any atom is -0.468 e. The SMILES string of the molecule is CC.COC(=O)C(N)CC/C=C(/F)CN1CON=C1C. The van der Waals surface area contributed by atoms with Gasteiger partial charge in [-0.2, -0.15) is 0 Å². The summed E-state index contributed by atoms with van der Waals surface area (Å²) in [4.78, 5) is 17.5. The number of halogens is 1. The van der Waals surface area contributed by atoms with Crippen molar-refractivity contribution in [3.05, 3.63) is 11.9 Å². The lowest BCUT2D eigenvalue weighted by molar-refractivity contribution is -0.142. The van der Waals surface area contributed by atoms with E-state index >= 15 is 0 Å². The van der Waals surface area contributed by atoms with E-state index in [-0.39, 0.29) is 19.1 Å². The molecule has 1 aliphatic rings. The lowest BCUT2D eigenvalue weighted by Crippen LogP contribution is -2.31. The van der Waals surface area contributed by atoms with E-state index in [1.54, 1.807) is 11.8 Å². The number of ether oxygens (including phenoxy) is 1. The molecule has 0 saturated heterocycles. The lowest BCUT2D eigenvalue weighted by atomic mass is 10.1. The highest BCUT2D eigenvalue weighted by Gasteiger charge is 2.16. The Kier molecular flexibility index (Phi) is 9.36. The van der Waals surface area contributed by atoms with Gasteiger partial charge in [-0.3, -0.25) is 4.79 Å². The van der Waals surface area contributed by atoms with Crippen LogP contribution in [-0.4, -0.2) is 43.1 Å². The molecule has 0 spiro atoms. The second kappa shape index (κ2) is 10.2. The van der Waals surface area contributed by atoms with Crippen molar-refractivity contribution in [2.75, 3.05) is 20.4 Å². The standard InChI is InChI=1S/C11H18FN3O3.C2H6/c1-8-14-18-7-15(8)6-9(12)4-3-5-10(13)11(16)17-2;1-2/h4,10H,3,5-7,13H2,1-2H3;1-2H3/b9-4+;. The molecule has 0 bridgehead atoms. The zero-order chi connectivity index (χ0) is 15.5. The fourth-order valence-electron chi connectivity index (χ4n) is 1.44. The van der Waals surface area contributed by atoms with E-state index in [0.29, 0.717) is 18.7 Å². The van der Waals surface area contributed by atoms with Crippen molar-refractivity contribution in [1.29, 1.82) is 0 Å². The topological polar surface area (TPSA) is 77.2 Å². The number of nitrogens with two attached hydrogens (primary N) is 1. The Bertz CT molecular complexity index is 359. The Labute approximate surface area is 119 Å². The molecule has 0 fully saturated rings. The van der Waals surface area contributed by atoms with Crippen LogP contribution < -0.4 is 5.73 Å². The number of methoxy groups -OCH3 is 1. The number of nitrogens with zero attached hydrogens (tertiary/aromatic N) is 2. The molecule has 0 aromatic carbocycles. The van der Waals surface area contributed by atoms with Crippen molar-refractivity contribution in [2.45, 2.75) is 39.7 Å².